The summed E-state index contributed by atoms with van der Waals surface area (Å²) in [6, 6.07) is 10.2. The predicted octanol–water partition coefficient (Wildman–Crippen LogP) is 3.75. The van der Waals surface area contributed by atoms with E-state index in [2.05, 4.69) is 33.6 Å². The van der Waals surface area contributed by atoms with E-state index in [-0.39, 0.29) is 5.91 Å². The Kier molecular flexibility index (Phi) is 4.62. The number of amides is 1. The maximum absolute atomic E-state index is 13.0. The fourth-order valence-corrected chi connectivity index (χ4v) is 4.87. The number of nitrogens with one attached hydrogen (secondary N) is 3. The number of rotatable bonds is 3. The Morgan fingerprint density at radius 1 is 1.27 bits per heavy atom. The molecule has 0 bridgehead atoms. The van der Waals surface area contributed by atoms with Gasteiger partial charge in [-0.2, -0.15) is 5.26 Å². The molecule has 0 unspecified atom stereocenters. The van der Waals surface area contributed by atoms with Crippen LogP contribution in [-0.2, 0) is 0 Å². The first-order chi connectivity index (χ1) is 14.7. The van der Waals surface area contributed by atoms with Crippen LogP contribution >= 0.6 is 11.3 Å². The zero-order chi connectivity index (χ0) is 20.7. The Labute approximate surface area is 177 Å². The molecule has 1 aliphatic rings. The standard InChI is InChI=1S/C22H20N6OS/c1-13-15-4-5-25-18(15)3-2-17(13)27-20-14(11-23)12-26-21-16(20)10-19(30-21)22(29)28-8-6-24-7-9-28/h2-5,10,12,24-25H,6-9H2,1H3,(H,26,27). The summed E-state index contributed by atoms with van der Waals surface area (Å²) < 4.78 is 0. The van der Waals surface area contributed by atoms with Crippen LogP contribution < -0.4 is 10.6 Å². The topological polar surface area (TPSA) is 96.8 Å². The largest absolute Gasteiger partial charge is 0.361 e. The van der Waals surface area contributed by atoms with E-state index >= 15 is 0 Å². The number of nitriles is 1. The minimum Gasteiger partial charge on any atom is -0.361 e. The van der Waals surface area contributed by atoms with Gasteiger partial charge in [0.1, 0.15) is 10.9 Å². The SMILES string of the molecule is Cc1c(Nc2c(C#N)cnc3sc(C(=O)N4CCNCC4)cc23)ccc2[nH]ccc12. The molecule has 1 aliphatic heterocycles. The van der Waals surface area contributed by atoms with Crippen LogP contribution in [-0.4, -0.2) is 47.0 Å². The number of anilines is 2. The summed E-state index contributed by atoms with van der Waals surface area (Å²) in [5.41, 5.74) is 4.23. The van der Waals surface area contributed by atoms with Crippen molar-refractivity contribution in [3.05, 3.63) is 52.7 Å². The van der Waals surface area contributed by atoms with E-state index in [4.69, 9.17) is 0 Å². The summed E-state index contributed by atoms with van der Waals surface area (Å²) in [5.74, 6) is 0.0221. The third-order valence-electron chi connectivity index (χ3n) is 5.56. The summed E-state index contributed by atoms with van der Waals surface area (Å²) >= 11 is 1.37. The smallest absolute Gasteiger partial charge is 0.264 e. The molecule has 5 rings (SSSR count). The third kappa shape index (κ3) is 3.09. The van der Waals surface area contributed by atoms with Crippen molar-refractivity contribution in [3.8, 4) is 6.07 Å². The number of pyridine rings is 1. The van der Waals surface area contributed by atoms with Gasteiger partial charge >= 0.3 is 0 Å². The molecule has 1 fully saturated rings. The van der Waals surface area contributed by atoms with Crippen LogP contribution in [0.4, 0.5) is 11.4 Å². The van der Waals surface area contributed by atoms with Crippen LogP contribution in [0.15, 0.2) is 36.7 Å². The Bertz CT molecular complexity index is 1310. The molecule has 150 valence electrons. The first-order valence-electron chi connectivity index (χ1n) is 9.82. The highest BCUT2D eigenvalue weighted by Crippen LogP contribution is 2.36. The first-order valence-corrected chi connectivity index (χ1v) is 10.6. The molecule has 0 aliphatic carbocycles. The second kappa shape index (κ2) is 7.44. The highest BCUT2D eigenvalue weighted by molar-refractivity contribution is 7.20. The van der Waals surface area contributed by atoms with Crippen molar-refractivity contribution in [1.82, 2.24) is 20.2 Å². The van der Waals surface area contributed by atoms with Gasteiger partial charge in [0.25, 0.3) is 5.91 Å². The van der Waals surface area contributed by atoms with Gasteiger partial charge in [0.15, 0.2) is 0 Å². The van der Waals surface area contributed by atoms with Gasteiger partial charge in [-0.05, 0) is 36.8 Å². The molecule has 0 radical (unpaired) electrons. The maximum atomic E-state index is 13.0. The Morgan fingerprint density at radius 3 is 2.90 bits per heavy atom. The van der Waals surface area contributed by atoms with E-state index in [1.807, 2.05) is 35.4 Å². The molecule has 30 heavy (non-hydrogen) atoms. The Hall–Kier alpha value is -3.41. The van der Waals surface area contributed by atoms with Gasteiger partial charge in [-0.15, -0.1) is 11.3 Å². The number of aromatic nitrogens is 2. The summed E-state index contributed by atoms with van der Waals surface area (Å²) in [6.45, 7) is 5.06. The average Bonchev–Trinajstić information content (AvgIpc) is 3.43. The normalized spacial score (nSPS) is 14.2. The van der Waals surface area contributed by atoms with Crippen molar-refractivity contribution in [2.75, 3.05) is 31.5 Å². The van der Waals surface area contributed by atoms with E-state index < -0.39 is 0 Å². The van der Waals surface area contributed by atoms with Gasteiger partial charge in [0.2, 0.25) is 0 Å². The molecule has 0 saturated carbocycles. The van der Waals surface area contributed by atoms with Gasteiger partial charge < -0.3 is 20.5 Å². The minimum absolute atomic E-state index is 0.0221. The lowest BCUT2D eigenvalue weighted by Crippen LogP contribution is -2.46. The minimum atomic E-state index is 0.0221. The first kappa shape index (κ1) is 18.6. The van der Waals surface area contributed by atoms with E-state index in [1.54, 1.807) is 6.20 Å². The van der Waals surface area contributed by atoms with E-state index in [1.165, 1.54) is 11.3 Å². The zero-order valence-electron chi connectivity index (χ0n) is 16.5. The van der Waals surface area contributed by atoms with Gasteiger partial charge in [-0.1, -0.05) is 0 Å². The molecule has 1 aromatic carbocycles. The number of piperazine rings is 1. The van der Waals surface area contributed by atoms with Crippen LogP contribution in [0.5, 0.6) is 0 Å². The molecular weight excluding hydrogens is 396 g/mol. The molecule has 3 aromatic heterocycles. The average molecular weight is 417 g/mol. The van der Waals surface area contributed by atoms with Crippen LogP contribution in [0.3, 0.4) is 0 Å². The number of hydrogen-bond donors (Lipinski definition) is 3. The molecule has 1 amide bonds. The second-order valence-corrected chi connectivity index (χ2v) is 8.36. The molecule has 4 aromatic rings. The number of thiophene rings is 1. The lowest BCUT2D eigenvalue weighted by molar-refractivity contribution is 0.0741. The summed E-state index contributed by atoms with van der Waals surface area (Å²) in [4.78, 5) is 23.9. The van der Waals surface area contributed by atoms with Crippen LogP contribution in [0.2, 0.25) is 0 Å². The molecule has 0 atom stereocenters. The van der Waals surface area contributed by atoms with E-state index in [0.29, 0.717) is 29.2 Å². The monoisotopic (exact) mass is 416 g/mol. The molecule has 1 saturated heterocycles. The number of nitrogens with zero attached hydrogens (tertiary/aromatic N) is 3. The van der Waals surface area contributed by atoms with Gasteiger partial charge in [0, 0.05) is 60.5 Å². The predicted molar refractivity (Wildman–Crippen MR) is 119 cm³/mol. The van der Waals surface area contributed by atoms with Crippen LogP contribution in [0, 0.1) is 18.3 Å². The Morgan fingerprint density at radius 2 is 2.10 bits per heavy atom. The number of carbonyl (C=O) groups excluding carboxylic acids is 1. The summed E-state index contributed by atoms with van der Waals surface area (Å²) in [7, 11) is 0. The fraction of sp³-hybridized carbons (Fsp3) is 0.227. The summed E-state index contributed by atoms with van der Waals surface area (Å²) in [6.07, 6.45) is 3.49. The maximum Gasteiger partial charge on any atom is 0.264 e. The molecule has 7 nitrogen and oxygen atoms in total. The van der Waals surface area contributed by atoms with Gasteiger partial charge in [-0.3, -0.25) is 4.79 Å². The van der Waals surface area contributed by atoms with Crippen molar-refractivity contribution < 1.29 is 4.79 Å². The second-order valence-electron chi connectivity index (χ2n) is 7.33. The van der Waals surface area contributed by atoms with E-state index in [0.717, 1.165) is 45.5 Å². The number of carbonyl (C=O) groups is 1. The van der Waals surface area contributed by atoms with Crippen LogP contribution in [0.25, 0.3) is 21.1 Å². The van der Waals surface area contributed by atoms with Gasteiger partial charge in [-0.25, -0.2) is 4.98 Å². The summed E-state index contributed by atoms with van der Waals surface area (Å²) in [5, 5.41) is 18.3. The van der Waals surface area contributed by atoms with Crippen LogP contribution in [0.1, 0.15) is 20.8 Å². The third-order valence-corrected chi connectivity index (χ3v) is 6.59. The number of benzene rings is 1. The number of H-pyrrole nitrogens is 1. The van der Waals surface area contributed by atoms with Crippen molar-refractivity contribution in [2.24, 2.45) is 0 Å². The lowest BCUT2D eigenvalue weighted by atomic mass is 10.1. The van der Waals surface area contributed by atoms with Crippen molar-refractivity contribution in [1.29, 1.82) is 5.26 Å². The highest BCUT2D eigenvalue weighted by atomic mass is 32.1. The van der Waals surface area contributed by atoms with E-state index in [9.17, 15) is 10.1 Å². The number of aromatic amines is 1. The molecule has 4 heterocycles. The molecule has 3 N–H and O–H groups in total. The molecule has 8 heteroatoms. The highest BCUT2D eigenvalue weighted by Gasteiger charge is 2.22. The quantitative estimate of drug-likeness (QED) is 0.473. The van der Waals surface area contributed by atoms with Crippen molar-refractivity contribution in [3.63, 3.8) is 0 Å². The fourth-order valence-electron chi connectivity index (χ4n) is 3.89. The molecule has 0 spiro atoms. The van der Waals surface area contributed by atoms with Crippen molar-refractivity contribution >= 4 is 49.7 Å². The zero-order valence-corrected chi connectivity index (χ0v) is 17.3. The van der Waals surface area contributed by atoms with Gasteiger partial charge in [0.05, 0.1) is 16.1 Å². The van der Waals surface area contributed by atoms with Crippen molar-refractivity contribution in [2.45, 2.75) is 6.92 Å². The number of fused-ring (bicyclic) bond motifs is 2. The molecular formula is C22H20N6OS. The Balaban J connectivity index is 1.57. The number of hydrogen-bond acceptors (Lipinski definition) is 6. The number of aryl methyl sites for hydroxylation is 1. The lowest BCUT2D eigenvalue weighted by Gasteiger charge is -2.26.